The molecule has 0 radical (unpaired) electrons. The van der Waals surface area contributed by atoms with Gasteiger partial charge in [0.2, 0.25) is 18.2 Å². The van der Waals surface area contributed by atoms with Crippen LogP contribution in [0.2, 0.25) is 0 Å². The molecule has 0 aliphatic carbocycles. The van der Waals surface area contributed by atoms with E-state index in [1.54, 1.807) is 6.07 Å². The Morgan fingerprint density at radius 2 is 1.86 bits per heavy atom. The number of sulfonamides is 1. The number of carbonyl (C=O) groups excluding carboxylic acids is 4. The van der Waals surface area contributed by atoms with Gasteiger partial charge in [0.15, 0.2) is 5.76 Å². The molecule has 0 unspecified atom stereocenters. The molecule has 2 rings (SSSR count). The fourth-order valence-electron chi connectivity index (χ4n) is 3.37. The maximum atomic E-state index is 12.5. The Labute approximate surface area is 215 Å². The summed E-state index contributed by atoms with van der Waals surface area (Å²) in [4.78, 5) is 47.0. The normalized spacial score (nSPS) is 11.9. The molecule has 12 nitrogen and oxygen atoms in total. The number of hydrogen-bond donors (Lipinski definition) is 4. The third-order valence-corrected chi connectivity index (χ3v) is 6.77. The highest BCUT2D eigenvalue weighted by atomic mass is 32.2. The molecule has 1 aromatic heterocycles. The first-order valence-corrected chi connectivity index (χ1v) is 13.3. The molecular weight excluding hydrogens is 504 g/mol. The van der Waals surface area contributed by atoms with E-state index in [2.05, 4.69) is 10.6 Å². The molecule has 37 heavy (non-hydrogen) atoms. The lowest BCUT2D eigenvalue weighted by Gasteiger charge is -2.19. The molecule has 202 valence electrons. The molecule has 0 aliphatic heterocycles. The van der Waals surface area contributed by atoms with E-state index in [1.165, 1.54) is 37.3 Å². The molecule has 0 fully saturated rings. The van der Waals surface area contributed by atoms with Crippen molar-refractivity contribution in [2.75, 3.05) is 13.2 Å². The number of nitrogens with zero attached hydrogens (tertiary/aromatic N) is 1. The van der Waals surface area contributed by atoms with Crippen LogP contribution in [0.15, 0.2) is 45.7 Å². The van der Waals surface area contributed by atoms with E-state index in [4.69, 9.17) is 4.42 Å². The van der Waals surface area contributed by atoms with Gasteiger partial charge in [-0.15, -0.1) is 0 Å². The van der Waals surface area contributed by atoms with Gasteiger partial charge in [0, 0.05) is 12.0 Å². The molecular formula is C24H32N4O8S. The highest BCUT2D eigenvalue weighted by molar-refractivity contribution is 7.90. The van der Waals surface area contributed by atoms with Gasteiger partial charge < -0.3 is 15.1 Å². The van der Waals surface area contributed by atoms with Crippen molar-refractivity contribution in [1.29, 1.82) is 0 Å². The van der Waals surface area contributed by atoms with Crippen molar-refractivity contribution in [3.63, 3.8) is 0 Å². The van der Waals surface area contributed by atoms with Gasteiger partial charge in [-0.25, -0.2) is 18.2 Å². The maximum Gasteiger partial charge on any atom is 0.288 e. The van der Waals surface area contributed by atoms with E-state index in [1.807, 2.05) is 11.6 Å². The van der Waals surface area contributed by atoms with Crippen LogP contribution in [0.3, 0.4) is 0 Å². The van der Waals surface area contributed by atoms with Crippen LogP contribution in [0.25, 0.3) is 11.3 Å². The molecule has 0 saturated heterocycles. The van der Waals surface area contributed by atoms with E-state index >= 15 is 0 Å². The summed E-state index contributed by atoms with van der Waals surface area (Å²) < 4.78 is 32.3. The van der Waals surface area contributed by atoms with Gasteiger partial charge in [-0.3, -0.25) is 24.4 Å². The minimum atomic E-state index is -4.05. The van der Waals surface area contributed by atoms with Gasteiger partial charge in [0.1, 0.15) is 5.76 Å². The van der Waals surface area contributed by atoms with Crippen molar-refractivity contribution in [3.05, 3.63) is 42.2 Å². The Hall–Kier alpha value is -3.71. The number of nitrogens with one attached hydrogen (secondary N) is 3. The molecule has 13 heteroatoms. The fraction of sp³-hybridized carbons (Fsp3) is 0.417. The Balaban J connectivity index is 2.00. The highest BCUT2D eigenvalue weighted by Gasteiger charge is 2.21. The van der Waals surface area contributed by atoms with Crippen molar-refractivity contribution in [2.45, 2.75) is 50.8 Å². The smallest absolute Gasteiger partial charge is 0.288 e. The zero-order valence-electron chi connectivity index (χ0n) is 20.7. The number of unbranched alkanes of at least 4 members (excludes halogenated alkanes) is 2. The van der Waals surface area contributed by atoms with Gasteiger partial charge in [-0.05, 0) is 30.7 Å². The number of amides is 4. The predicted molar refractivity (Wildman–Crippen MR) is 132 cm³/mol. The Kier molecular flexibility index (Phi) is 11.3. The SMILES string of the molecule is CCCCC[C@H](CN(O)C=O)C(=O)NCNC(=O)c1ccc(-c2cccc(S(=O)(=O)NC(=O)CC)c2)o1. The Bertz CT molecular complexity index is 1190. The zero-order chi connectivity index (χ0) is 27.4. The van der Waals surface area contributed by atoms with Gasteiger partial charge in [0.25, 0.3) is 15.9 Å². The number of benzene rings is 1. The monoisotopic (exact) mass is 536 g/mol. The number of rotatable bonds is 15. The second-order valence-electron chi connectivity index (χ2n) is 8.22. The van der Waals surface area contributed by atoms with Gasteiger partial charge in [-0.2, -0.15) is 0 Å². The van der Waals surface area contributed by atoms with Crippen molar-refractivity contribution in [3.8, 4) is 11.3 Å². The van der Waals surface area contributed by atoms with Crippen LogP contribution in [0, 0.1) is 5.92 Å². The minimum Gasteiger partial charge on any atom is -0.451 e. The molecule has 0 spiro atoms. The first-order valence-electron chi connectivity index (χ1n) is 11.8. The lowest BCUT2D eigenvalue weighted by Crippen LogP contribution is -2.42. The topological polar surface area (TPSA) is 175 Å². The van der Waals surface area contributed by atoms with Crippen LogP contribution in [0.4, 0.5) is 0 Å². The average molecular weight is 537 g/mol. The predicted octanol–water partition coefficient (Wildman–Crippen LogP) is 2.01. The van der Waals surface area contributed by atoms with E-state index in [0.29, 0.717) is 17.0 Å². The molecule has 1 atom stereocenters. The first kappa shape index (κ1) is 29.5. The van der Waals surface area contributed by atoms with Crippen molar-refractivity contribution < 1.29 is 37.2 Å². The minimum absolute atomic E-state index is 0.00810. The lowest BCUT2D eigenvalue weighted by atomic mass is 10.0. The molecule has 0 bridgehead atoms. The average Bonchev–Trinajstić information content (AvgIpc) is 3.38. The van der Waals surface area contributed by atoms with E-state index < -0.39 is 33.7 Å². The van der Waals surface area contributed by atoms with E-state index in [-0.39, 0.29) is 42.5 Å². The quantitative estimate of drug-likeness (QED) is 0.0879. The van der Waals surface area contributed by atoms with E-state index in [9.17, 15) is 32.8 Å². The summed E-state index contributed by atoms with van der Waals surface area (Å²) in [6, 6.07) is 8.59. The van der Waals surface area contributed by atoms with Crippen molar-refractivity contribution in [1.82, 2.24) is 20.4 Å². The molecule has 1 aromatic carbocycles. The lowest BCUT2D eigenvalue weighted by molar-refractivity contribution is -0.154. The molecule has 4 amide bonds. The summed E-state index contributed by atoms with van der Waals surface area (Å²) in [5.41, 5.74) is 0.373. The summed E-state index contributed by atoms with van der Waals surface area (Å²) in [6.07, 6.45) is 3.29. The summed E-state index contributed by atoms with van der Waals surface area (Å²) in [5, 5.41) is 14.9. The van der Waals surface area contributed by atoms with Gasteiger partial charge >= 0.3 is 0 Å². The van der Waals surface area contributed by atoms with Gasteiger partial charge in [-0.1, -0.05) is 45.2 Å². The molecule has 0 aliphatic rings. The zero-order valence-corrected chi connectivity index (χ0v) is 21.5. The first-order chi connectivity index (χ1) is 17.6. The van der Waals surface area contributed by atoms with Crippen LogP contribution < -0.4 is 15.4 Å². The number of hydrogen-bond acceptors (Lipinski definition) is 8. The van der Waals surface area contributed by atoms with Crippen LogP contribution in [0.5, 0.6) is 0 Å². The third-order valence-electron chi connectivity index (χ3n) is 5.40. The van der Waals surface area contributed by atoms with Crippen molar-refractivity contribution >= 4 is 34.2 Å². The van der Waals surface area contributed by atoms with Gasteiger partial charge in [0.05, 0.1) is 24.0 Å². The van der Waals surface area contributed by atoms with Crippen LogP contribution in [0.1, 0.15) is 56.5 Å². The summed E-state index contributed by atoms with van der Waals surface area (Å²) in [5.74, 6) is -2.17. The molecule has 1 heterocycles. The highest BCUT2D eigenvalue weighted by Crippen LogP contribution is 2.25. The summed E-state index contributed by atoms with van der Waals surface area (Å²) >= 11 is 0. The number of carbonyl (C=O) groups is 4. The standard InChI is InChI=1S/C24H32N4O8S/c1-3-5-6-8-18(14-28(33)16-29)23(31)25-15-26-24(32)21-12-11-20(36-21)17-9-7-10-19(13-17)37(34,35)27-22(30)4-2/h7,9-13,16,18,33H,3-6,8,14-15H2,1-2H3,(H,25,31)(H,26,32)(H,27,30)/t18-/m1/s1. The largest absolute Gasteiger partial charge is 0.451 e. The van der Waals surface area contributed by atoms with Crippen LogP contribution >= 0.6 is 0 Å². The Morgan fingerprint density at radius 3 is 2.54 bits per heavy atom. The van der Waals surface area contributed by atoms with E-state index in [0.717, 1.165) is 19.3 Å². The fourth-order valence-corrected chi connectivity index (χ4v) is 4.47. The second-order valence-corrected chi connectivity index (χ2v) is 9.90. The Morgan fingerprint density at radius 1 is 1.11 bits per heavy atom. The third kappa shape index (κ3) is 9.03. The molecule has 0 saturated carbocycles. The number of hydroxylamine groups is 2. The molecule has 4 N–H and O–H groups in total. The second kappa shape index (κ2) is 14.1. The van der Waals surface area contributed by atoms with Crippen LogP contribution in [-0.2, 0) is 24.4 Å². The van der Waals surface area contributed by atoms with Crippen molar-refractivity contribution in [2.24, 2.45) is 5.92 Å². The summed E-state index contributed by atoms with van der Waals surface area (Å²) in [7, 11) is -4.05. The molecule has 2 aromatic rings. The summed E-state index contributed by atoms with van der Waals surface area (Å²) in [6.45, 7) is 3.17. The number of furan rings is 1. The van der Waals surface area contributed by atoms with Crippen LogP contribution in [-0.4, -0.2) is 56.0 Å². The maximum absolute atomic E-state index is 12.5.